The fraction of sp³-hybridized carbons (Fsp3) is 0.600. The Hall–Kier alpha value is -1.16. The van der Waals surface area contributed by atoms with Crippen LogP contribution < -0.4 is 0 Å². The van der Waals surface area contributed by atoms with E-state index in [-0.39, 0.29) is 12.3 Å². The quantitative estimate of drug-likeness (QED) is 0.551. The van der Waals surface area contributed by atoms with Crippen LogP contribution in [-0.2, 0) is 0 Å². The number of aliphatic hydroxyl groups is 1. The maximum absolute atomic E-state index is 11.0. The van der Waals surface area contributed by atoms with Gasteiger partial charge in [-0.1, -0.05) is 32.1 Å². The van der Waals surface area contributed by atoms with Gasteiger partial charge in [-0.25, -0.2) is 0 Å². The molecule has 1 aliphatic carbocycles. The van der Waals surface area contributed by atoms with Crippen molar-refractivity contribution in [2.45, 2.75) is 31.9 Å². The standard InChI is InChI=1S/C10H15NO3/c1-8(2)9(12)10(11(13)14)6-4-3-5-7-10/h3-6,8-9,12H,7H2,1-2H3/t9-,10?/m0/s1. The average molecular weight is 197 g/mol. The molecule has 0 bridgehead atoms. The molecule has 1 rings (SSSR count). The van der Waals surface area contributed by atoms with Crippen LogP contribution in [0.4, 0.5) is 0 Å². The lowest BCUT2D eigenvalue weighted by atomic mass is 9.81. The van der Waals surface area contributed by atoms with Crippen molar-refractivity contribution in [1.29, 1.82) is 0 Å². The summed E-state index contributed by atoms with van der Waals surface area (Å²) in [4.78, 5) is 10.6. The van der Waals surface area contributed by atoms with Gasteiger partial charge in [-0.15, -0.1) is 0 Å². The molecule has 0 fully saturated rings. The lowest BCUT2D eigenvalue weighted by Gasteiger charge is -2.29. The first-order valence-electron chi connectivity index (χ1n) is 4.67. The summed E-state index contributed by atoms with van der Waals surface area (Å²) in [5.74, 6) is -0.128. The molecule has 0 saturated heterocycles. The highest BCUT2D eigenvalue weighted by Gasteiger charge is 2.48. The Morgan fingerprint density at radius 3 is 2.50 bits per heavy atom. The molecular weight excluding hydrogens is 182 g/mol. The van der Waals surface area contributed by atoms with Crippen molar-refractivity contribution in [3.63, 3.8) is 0 Å². The van der Waals surface area contributed by atoms with E-state index in [2.05, 4.69) is 0 Å². The van der Waals surface area contributed by atoms with E-state index in [0.29, 0.717) is 0 Å². The second kappa shape index (κ2) is 3.92. The summed E-state index contributed by atoms with van der Waals surface area (Å²) in [5.41, 5.74) is -1.33. The number of allylic oxidation sites excluding steroid dienone is 2. The lowest BCUT2D eigenvalue weighted by Crippen LogP contribution is -2.50. The van der Waals surface area contributed by atoms with Gasteiger partial charge in [0.1, 0.15) is 6.10 Å². The Balaban J connectivity index is 2.99. The Bertz CT molecular complexity index is 283. The van der Waals surface area contributed by atoms with E-state index in [9.17, 15) is 15.2 Å². The molecule has 0 spiro atoms. The second-order valence-electron chi connectivity index (χ2n) is 3.93. The number of rotatable bonds is 3. The molecule has 0 aromatic rings. The third-order valence-electron chi connectivity index (χ3n) is 2.56. The minimum absolute atomic E-state index is 0.128. The summed E-state index contributed by atoms with van der Waals surface area (Å²) >= 11 is 0. The van der Waals surface area contributed by atoms with Crippen molar-refractivity contribution < 1.29 is 10.0 Å². The molecule has 4 heteroatoms. The highest BCUT2D eigenvalue weighted by molar-refractivity contribution is 5.20. The second-order valence-corrected chi connectivity index (χ2v) is 3.93. The molecule has 0 heterocycles. The van der Waals surface area contributed by atoms with E-state index < -0.39 is 16.6 Å². The normalized spacial score (nSPS) is 28.0. The maximum atomic E-state index is 11.0. The van der Waals surface area contributed by atoms with Crippen LogP contribution in [0.2, 0.25) is 0 Å². The van der Waals surface area contributed by atoms with Crippen molar-refractivity contribution in [1.82, 2.24) is 0 Å². The monoisotopic (exact) mass is 197 g/mol. The third kappa shape index (κ3) is 1.70. The van der Waals surface area contributed by atoms with Gasteiger partial charge in [0.25, 0.3) is 5.54 Å². The highest BCUT2D eigenvalue weighted by atomic mass is 16.6. The van der Waals surface area contributed by atoms with Gasteiger partial charge in [0.05, 0.1) is 0 Å². The van der Waals surface area contributed by atoms with Gasteiger partial charge in [0, 0.05) is 11.3 Å². The molecule has 2 atom stereocenters. The lowest BCUT2D eigenvalue weighted by molar-refractivity contribution is -0.569. The van der Waals surface area contributed by atoms with Gasteiger partial charge in [-0.3, -0.25) is 10.1 Å². The van der Waals surface area contributed by atoms with Crippen molar-refractivity contribution in [2.75, 3.05) is 0 Å². The Morgan fingerprint density at radius 1 is 1.50 bits per heavy atom. The predicted molar refractivity (Wildman–Crippen MR) is 53.5 cm³/mol. The molecule has 0 radical (unpaired) electrons. The van der Waals surface area contributed by atoms with Crippen LogP contribution >= 0.6 is 0 Å². The van der Waals surface area contributed by atoms with Crippen LogP contribution in [0.3, 0.4) is 0 Å². The molecular formula is C10H15NO3. The van der Waals surface area contributed by atoms with Crippen molar-refractivity contribution >= 4 is 0 Å². The smallest absolute Gasteiger partial charge is 0.269 e. The van der Waals surface area contributed by atoms with Crippen molar-refractivity contribution in [2.24, 2.45) is 5.92 Å². The molecule has 0 aromatic heterocycles. The fourth-order valence-corrected chi connectivity index (χ4v) is 1.67. The Kier molecular flexibility index (Phi) is 3.06. The molecule has 0 aromatic carbocycles. The van der Waals surface area contributed by atoms with Crippen molar-refractivity contribution in [3.8, 4) is 0 Å². The Labute approximate surface area is 83.1 Å². The number of nitro groups is 1. The Morgan fingerprint density at radius 2 is 2.14 bits per heavy atom. The summed E-state index contributed by atoms with van der Waals surface area (Å²) < 4.78 is 0. The summed E-state index contributed by atoms with van der Waals surface area (Å²) in [6.07, 6.45) is 5.90. The third-order valence-corrected chi connectivity index (χ3v) is 2.56. The first-order valence-corrected chi connectivity index (χ1v) is 4.67. The van der Waals surface area contributed by atoms with E-state index in [1.165, 1.54) is 6.08 Å². The van der Waals surface area contributed by atoms with Crippen LogP contribution in [-0.4, -0.2) is 21.7 Å². The molecule has 0 saturated carbocycles. The largest absolute Gasteiger partial charge is 0.385 e. The van der Waals surface area contributed by atoms with E-state index in [0.717, 1.165) is 0 Å². The maximum Gasteiger partial charge on any atom is 0.269 e. The summed E-state index contributed by atoms with van der Waals surface area (Å²) in [5, 5.41) is 20.8. The predicted octanol–water partition coefficient (Wildman–Crippen LogP) is 1.53. The van der Waals surface area contributed by atoms with Gasteiger partial charge >= 0.3 is 0 Å². The van der Waals surface area contributed by atoms with E-state index >= 15 is 0 Å². The van der Waals surface area contributed by atoms with E-state index in [4.69, 9.17) is 0 Å². The zero-order valence-corrected chi connectivity index (χ0v) is 8.38. The zero-order chi connectivity index (χ0) is 10.8. The molecule has 78 valence electrons. The SMILES string of the molecule is CC(C)[C@H](O)C1([N+](=O)[O-])C=CC=CC1. The molecule has 1 unspecified atom stereocenters. The average Bonchev–Trinajstić information content (AvgIpc) is 2.17. The van der Waals surface area contributed by atoms with Gasteiger partial charge in [0.15, 0.2) is 0 Å². The van der Waals surface area contributed by atoms with Gasteiger partial charge < -0.3 is 5.11 Å². The number of hydrogen-bond acceptors (Lipinski definition) is 3. The zero-order valence-electron chi connectivity index (χ0n) is 8.38. The van der Waals surface area contributed by atoms with Gasteiger partial charge in [-0.05, 0) is 12.0 Å². The van der Waals surface area contributed by atoms with E-state index in [1.54, 1.807) is 32.1 Å². The van der Waals surface area contributed by atoms with Crippen LogP contribution in [0.15, 0.2) is 24.3 Å². The minimum Gasteiger partial charge on any atom is -0.385 e. The fourth-order valence-electron chi connectivity index (χ4n) is 1.67. The number of hydrogen-bond donors (Lipinski definition) is 1. The summed E-state index contributed by atoms with van der Waals surface area (Å²) in [6, 6.07) is 0. The topological polar surface area (TPSA) is 63.4 Å². The molecule has 1 N–H and O–H groups in total. The summed E-state index contributed by atoms with van der Waals surface area (Å²) in [7, 11) is 0. The van der Waals surface area contributed by atoms with E-state index in [1.807, 2.05) is 0 Å². The highest BCUT2D eigenvalue weighted by Crippen LogP contribution is 2.29. The molecule has 14 heavy (non-hydrogen) atoms. The van der Waals surface area contributed by atoms with Crippen LogP contribution in [0.5, 0.6) is 0 Å². The molecule has 0 aliphatic heterocycles. The molecule has 1 aliphatic rings. The van der Waals surface area contributed by atoms with Crippen LogP contribution in [0.25, 0.3) is 0 Å². The first kappa shape index (κ1) is 10.9. The molecule has 0 amide bonds. The number of aliphatic hydroxyl groups excluding tert-OH is 1. The van der Waals surface area contributed by atoms with Crippen LogP contribution in [0.1, 0.15) is 20.3 Å². The van der Waals surface area contributed by atoms with Crippen LogP contribution in [0, 0.1) is 16.0 Å². The van der Waals surface area contributed by atoms with Gasteiger partial charge in [0.2, 0.25) is 0 Å². The first-order chi connectivity index (χ1) is 6.50. The summed E-state index contributed by atoms with van der Waals surface area (Å²) in [6.45, 7) is 3.56. The molecule has 4 nitrogen and oxygen atoms in total. The van der Waals surface area contributed by atoms with Gasteiger partial charge in [-0.2, -0.15) is 0 Å². The van der Waals surface area contributed by atoms with Crippen molar-refractivity contribution in [3.05, 3.63) is 34.4 Å². The number of nitrogens with zero attached hydrogens (tertiary/aromatic N) is 1. The minimum atomic E-state index is -1.33.